The molecule has 1 heterocycles. The Kier molecular flexibility index (Phi) is 8.11. The van der Waals surface area contributed by atoms with Gasteiger partial charge in [0.15, 0.2) is 16.7 Å². The van der Waals surface area contributed by atoms with Crippen LogP contribution >= 0.6 is 27.7 Å². The minimum atomic E-state index is -4.89. The molecule has 0 N–H and O–H groups in total. The number of rotatable bonds is 7. The van der Waals surface area contributed by atoms with Gasteiger partial charge in [-0.15, -0.1) is 0 Å². The smallest absolute Gasteiger partial charge is 0.420 e. The molecule has 1 amide bonds. The molecule has 0 unspecified atom stereocenters. The molecule has 35 heavy (non-hydrogen) atoms. The van der Waals surface area contributed by atoms with E-state index in [-0.39, 0.29) is 21.9 Å². The summed E-state index contributed by atoms with van der Waals surface area (Å²) in [5.74, 6) is -0.819. The Balaban J connectivity index is 2.01. The highest BCUT2D eigenvalue weighted by atomic mass is 79.9. The SMILES string of the molecule is CCN=C1S/C(=C\c2cc(Br)c(Oc3ccc([N+](=O)[O-])cc3C(F)(F)F)c(OC)c2)C(=O)N1CC. The molecule has 8 nitrogen and oxygen atoms in total. The number of nitro benzene ring substituents is 1. The second-order valence-electron chi connectivity index (χ2n) is 6.99. The third kappa shape index (κ3) is 5.78. The zero-order valence-corrected chi connectivity index (χ0v) is 21.1. The van der Waals surface area contributed by atoms with Crippen molar-refractivity contribution in [2.75, 3.05) is 20.2 Å². The van der Waals surface area contributed by atoms with Crippen LogP contribution in [0.2, 0.25) is 0 Å². The summed E-state index contributed by atoms with van der Waals surface area (Å²) in [5.41, 5.74) is -1.49. The number of hydrogen-bond donors (Lipinski definition) is 0. The third-order valence-corrected chi connectivity index (χ3v) is 6.37. The second kappa shape index (κ2) is 10.7. The average molecular weight is 574 g/mol. The Morgan fingerprint density at radius 1 is 1.23 bits per heavy atom. The number of methoxy groups -OCH3 is 1. The number of nitro groups is 1. The first-order chi connectivity index (χ1) is 16.5. The van der Waals surface area contributed by atoms with Crippen LogP contribution in [-0.4, -0.2) is 41.1 Å². The lowest BCUT2D eigenvalue weighted by Crippen LogP contribution is -2.28. The quantitative estimate of drug-likeness (QED) is 0.213. The van der Waals surface area contributed by atoms with Crippen molar-refractivity contribution in [1.29, 1.82) is 0 Å². The number of non-ortho nitro benzene ring substituents is 1. The van der Waals surface area contributed by atoms with E-state index in [2.05, 4.69) is 20.9 Å². The summed E-state index contributed by atoms with van der Waals surface area (Å²) in [4.78, 5) is 29.0. The van der Waals surface area contributed by atoms with Gasteiger partial charge in [0.1, 0.15) is 11.3 Å². The van der Waals surface area contributed by atoms with Crippen LogP contribution < -0.4 is 9.47 Å². The van der Waals surface area contributed by atoms with E-state index in [1.54, 1.807) is 17.0 Å². The van der Waals surface area contributed by atoms with Crippen LogP contribution in [0.3, 0.4) is 0 Å². The number of halogens is 4. The highest BCUT2D eigenvalue weighted by Gasteiger charge is 2.37. The molecular weight excluding hydrogens is 555 g/mol. The van der Waals surface area contributed by atoms with Crippen molar-refractivity contribution in [3.8, 4) is 17.2 Å². The van der Waals surface area contributed by atoms with Gasteiger partial charge in [-0.2, -0.15) is 13.2 Å². The molecule has 1 fully saturated rings. The number of carbonyl (C=O) groups is 1. The number of thioether (sulfide) groups is 1. The summed E-state index contributed by atoms with van der Waals surface area (Å²) >= 11 is 4.51. The standard InChI is InChI=1S/C22H19BrF3N3O5S/c1-4-27-21-28(5-2)20(30)18(35-21)10-12-8-15(23)19(17(9-12)33-3)34-16-7-6-13(29(31)32)11-14(16)22(24,25)26/h6-11H,4-5H2,1-3H3/b18-10-,27-21?. The number of ether oxygens (including phenoxy) is 2. The molecule has 0 saturated carbocycles. The van der Waals surface area contributed by atoms with Gasteiger partial charge in [-0.1, -0.05) is 0 Å². The van der Waals surface area contributed by atoms with Crippen molar-refractivity contribution < 1.29 is 32.4 Å². The summed E-state index contributed by atoms with van der Waals surface area (Å²) in [7, 11) is 1.31. The minimum absolute atomic E-state index is 0.0668. The van der Waals surface area contributed by atoms with E-state index in [4.69, 9.17) is 9.47 Å². The van der Waals surface area contributed by atoms with E-state index in [0.29, 0.717) is 34.8 Å². The van der Waals surface area contributed by atoms with Crippen LogP contribution in [0, 0.1) is 10.1 Å². The predicted molar refractivity (Wildman–Crippen MR) is 130 cm³/mol. The van der Waals surface area contributed by atoms with Crippen LogP contribution in [0.25, 0.3) is 6.08 Å². The molecule has 0 aliphatic carbocycles. The van der Waals surface area contributed by atoms with Gasteiger partial charge in [-0.3, -0.25) is 24.8 Å². The Bertz CT molecular complexity index is 1230. The lowest BCUT2D eigenvalue weighted by Gasteiger charge is -2.17. The van der Waals surface area contributed by atoms with E-state index in [1.165, 1.54) is 24.9 Å². The molecule has 0 aromatic heterocycles. The van der Waals surface area contributed by atoms with Crippen LogP contribution in [0.1, 0.15) is 25.0 Å². The van der Waals surface area contributed by atoms with E-state index >= 15 is 0 Å². The van der Waals surface area contributed by atoms with E-state index in [1.807, 2.05) is 13.8 Å². The van der Waals surface area contributed by atoms with E-state index in [0.717, 1.165) is 12.1 Å². The van der Waals surface area contributed by atoms with Crippen molar-refractivity contribution >= 4 is 50.5 Å². The summed E-state index contributed by atoms with van der Waals surface area (Å²) in [6.07, 6.45) is -3.27. The van der Waals surface area contributed by atoms with Crippen LogP contribution in [0.4, 0.5) is 18.9 Å². The monoisotopic (exact) mass is 573 g/mol. The molecule has 2 aromatic carbocycles. The maximum Gasteiger partial charge on any atom is 0.420 e. The second-order valence-corrected chi connectivity index (χ2v) is 8.85. The molecule has 0 radical (unpaired) electrons. The third-order valence-electron chi connectivity index (χ3n) is 4.74. The van der Waals surface area contributed by atoms with Crippen molar-refractivity contribution in [1.82, 2.24) is 4.90 Å². The molecule has 0 atom stereocenters. The molecule has 186 valence electrons. The lowest BCUT2D eigenvalue weighted by atomic mass is 10.1. The molecule has 0 bridgehead atoms. The van der Waals surface area contributed by atoms with Crippen LogP contribution in [-0.2, 0) is 11.0 Å². The molecule has 1 aliphatic heterocycles. The summed E-state index contributed by atoms with van der Waals surface area (Å²) in [5, 5.41) is 11.5. The van der Waals surface area contributed by atoms with Gasteiger partial charge < -0.3 is 9.47 Å². The largest absolute Gasteiger partial charge is 0.493 e. The van der Waals surface area contributed by atoms with Crippen molar-refractivity contribution in [3.63, 3.8) is 0 Å². The fourth-order valence-electron chi connectivity index (χ4n) is 3.17. The first-order valence-electron chi connectivity index (χ1n) is 10.2. The molecule has 1 saturated heterocycles. The number of carbonyl (C=O) groups excluding carboxylic acids is 1. The van der Waals surface area contributed by atoms with Gasteiger partial charge in [0.2, 0.25) is 0 Å². The van der Waals surface area contributed by atoms with Crippen LogP contribution in [0.5, 0.6) is 17.2 Å². The van der Waals surface area contributed by atoms with Crippen molar-refractivity contribution in [3.05, 3.63) is 61.0 Å². The summed E-state index contributed by atoms with van der Waals surface area (Å²) in [6.45, 7) is 4.68. The number of hydrogen-bond acceptors (Lipinski definition) is 7. The number of nitrogens with zero attached hydrogens (tertiary/aromatic N) is 3. The van der Waals surface area contributed by atoms with Gasteiger partial charge in [0, 0.05) is 25.2 Å². The highest BCUT2D eigenvalue weighted by Crippen LogP contribution is 2.45. The Hall–Kier alpha value is -3.06. The number of likely N-dealkylation sites (N-methyl/N-ethyl adjacent to an activating group) is 1. The zero-order chi connectivity index (χ0) is 25.9. The maximum absolute atomic E-state index is 13.6. The topological polar surface area (TPSA) is 94.3 Å². The normalized spacial score (nSPS) is 16.3. The van der Waals surface area contributed by atoms with Crippen LogP contribution in [0.15, 0.2) is 44.7 Å². The predicted octanol–water partition coefficient (Wildman–Crippen LogP) is 6.49. The Morgan fingerprint density at radius 2 is 1.94 bits per heavy atom. The molecular formula is C22H19BrF3N3O5S. The highest BCUT2D eigenvalue weighted by molar-refractivity contribution is 9.10. The number of amidine groups is 1. The molecule has 3 rings (SSSR count). The van der Waals surface area contributed by atoms with Gasteiger partial charge in [0.05, 0.1) is 21.4 Å². The van der Waals surface area contributed by atoms with Crippen molar-refractivity contribution in [2.45, 2.75) is 20.0 Å². The Morgan fingerprint density at radius 3 is 2.51 bits per heavy atom. The average Bonchev–Trinajstić information content (AvgIpc) is 3.08. The molecule has 1 aliphatic rings. The fraction of sp³-hybridized carbons (Fsp3) is 0.273. The number of amides is 1. The molecule has 13 heteroatoms. The number of benzene rings is 2. The lowest BCUT2D eigenvalue weighted by molar-refractivity contribution is -0.385. The zero-order valence-electron chi connectivity index (χ0n) is 18.7. The van der Waals surface area contributed by atoms with Crippen molar-refractivity contribution in [2.24, 2.45) is 4.99 Å². The first-order valence-corrected chi connectivity index (χ1v) is 11.8. The maximum atomic E-state index is 13.6. The molecule has 0 spiro atoms. The molecule has 2 aromatic rings. The summed E-state index contributed by atoms with van der Waals surface area (Å²) in [6, 6.07) is 5.27. The van der Waals surface area contributed by atoms with E-state index in [9.17, 15) is 28.1 Å². The van der Waals surface area contributed by atoms with Gasteiger partial charge >= 0.3 is 6.18 Å². The summed E-state index contributed by atoms with van der Waals surface area (Å²) < 4.78 is 51.7. The number of aliphatic imine (C=N–C) groups is 1. The minimum Gasteiger partial charge on any atom is -0.493 e. The van der Waals surface area contributed by atoms with Gasteiger partial charge in [0.25, 0.3) is 11.6 Å². The van der Waals surface area contributed by atoms with Gasteiger partial charge in [-0.05, 0) is 71.4 Å². The van der Waals surface area contributed by atoms with Gasteiger partial charge in [-0.25, -0.2) is 0 Å². The first kappa shape index (κ1) is 26.5. The van der Waals surface area contributed by atoms with E-state index < -0.39 is 28.1 Å². The Labute approximate surface area is 211 Å². The number of alkyl halides is 3. The fourth-order valence-corrected chi connectivity index (χ4v) is 4.81.